The van der Waals surface area contributed by atoms with Crippen LogP contribution in [0, 0.1) is 5.82 Å². The molecule has 2 heterocycles. The van der Waals surface area contributed by atoms with Crippen molar-refractivity contribution < 1.29 is 32.9 Å². The van der Waals surface area contributed by atoms with Crippen LogP contribution in [0.1, 0.15) is 29.1 Å². The molecule has 138 valence electrons. The number of nitrogens with zero attached hydrogens (tertiary/aromatic N) is 3. The minimum atomic E-state index is -2.96. The number of aliphatic hydroxyl groups is 1. The number of rotatable bonds is 4. The van der Waals surface area contributed by atoms with Crippen LogP contribution < -0.4 is 4.74 Å². The molecular formula is C16H14F3N3O4. The summed E-state index contributed by atoms with van der Waals surface area (Å²) in [6.45, 7) is -0.421. The van der Waals surface area contributed by atoms with Gasteiger partial charge in [-0.05, 0) is 24.6 Å². The fourth-order valence-corrected chi connectivity index (χ4v) is 2.65. The van der Waals surface area contributed by atoms with Crippen molar-refractivity contribution in [3.8, 4) is 11.6 Å². The van der Waals surface area contributed by atoms with Crippen molar-refractivity contribution in [3.63, 3.8) is 0 Å². The quantitative estimate of drug-likeness (QED) is 0.860. The lowest BCUT2D eigenvalue weighted by molar-refractivity contribution is 0.138. The molecular weight excluding hydrogens is 355 g/mol. The molecule has 7 nitrogen and oxygen atoms in total. The molecule has 2 N–H and O–H groups in total. The van der Waals surface area contributed by atoms with Gasteiger partial charge in [0.1, 0.15) is 18.2 Å². The highest BCUT2D eigenvalue weighted by molar-refractivity contribution is 5.65. The van der Waals surface area contributed by atoms with E-state index in [1.807, 2.05) is 0 Å². The van der Waals surface area contributed by atoms with Crippen LogP contribution >= 0.6 is 0 Å². The molecule has 1 aliphatic heterocycles. The summed E-state index contributed by atoms with van der Waals surface area (Å²) in [6, 6.07) is 2.72. The Bertz CT molecular complexity index is 848. The third-order valence-corrected chi connectivity index (χ3v) is 3.90. The van der Waals surface area contributed by atoms with Crippen molar-refractivity contribution in [2.45, 2.75) is 26.0 Å². The number of aliphatic hydroxyl groups excluding tert-OH is 1. The predicted octanol–water partition coefficient (Wildman–Crippen LogP) is 2.87. The third kappa shape index (κ3) is 3.54. The molecule has 0 bridgehead atoms. The van der Waals surface area contributed by atoms with Gasteiger partial charge in [0, 0.05) is 12.1 Å². The van der Waals surface area contributed by atoms with Gasteiger partial charge in [0.2, 0.25) is 5.88 Å². The van der Waals surface area contributed by atoms with E-state index in [0.717, 1.165) is 17.0 Å². The fraction of sp³-hybridized carbons (Fsp3) is 0.312. The smallest absolute Gasteiger partial charge is 0.407 e. The molecule has 0 saturated heterocycles. The number of hydrogen-bond donors (Lipinski definition) is 2. The van der Waals surface area contributed by atoms with Gasteiger partial charge in [-0.15, -0.1) is 0 Å². The highest BCUT2D eigenvalue weighted by Gasteiger charge is 2.27. The monoisotopic (exact) mass is 369 g/mol. The van der Waals surface area contributed by atoms with Gasteiger partial charge >= 0.3 is 6.09 Å². The molecule has 0 aliphatic carbocycles. The average molecular weight is 369 g/mol. The number of amides is 1. The molecule has 10 heteroatoms. The first-order valence-electron chi connectivity index (χ1n) is 7.62. The number of hydrogen-bond acceptors (Lipinski definition) is 5. The maximum Gasteiger partial charge on any atom is 0.407 e. The first kappa shape index (κ1) is 17.9. The summed E-state index contributed by atoms with van der Waals surface area (Å²) in [5.41, 5.74) is 0.156. The van der Waals surface area contributed by atoms with Crippen LogP contribution in [0.3, 0.4) is 0 Å². The zero-order chi connectivity index (χ0) is 18.8. The maximum absolute atomic E-state index is 13.2. The molecule has 3 rings (SSSR count). The van der Waals surface area contributed by atoms with E-state index < -0.39 is 30.5 Å². The molecule has 0 saturated carbocycles. The van der Waals surface area contributed by atoms with E-state index in [9.17, 15) is 23.1 Å². The summed E-state index contributed by atoms with van der Waals surface area (Å²) in [7, 11) is 0. The van der Waals surface area contributed by atoms with E-state index in [0.29, 0.717) is 17.3 Å². The van der Waals surface area contributed by atoms with Crippen LogP contribution in [-0.4, -0.2) is 37.7 Å². The zero-order valence-corrected chi connectivity index (χ0v) is 13.3. The Morgan fingerprint density at radius 2 is 2.12 bits per heavy atom. The average Bonchev–Trinajstić information content (AvgIpc) is 2.62. The van der Waals surface area contributed by atoms with E-state index in [1.165, 1.54) is 0 Å². The van der Waals surface area contributed by atoms with Gasteiger partial charge in [-0.1, -0.05) is 0 Å². The first-order chi connectivity index (χ1) is 12.4. The topological polar surface area (TPSA) is 95.8 Å². The van der Waals surface area contributed by atoms with E-state index in [4.69, 9.17) is 9.84 Å². The van der Waals surface area contributed by atoms with Crippen molar-refractivity contribution in [3.05, 3.63) is 46.7 Å². The number of benzene rings is 1. The lowest BCUT2D eigenvalue weighted by atomic mass is 10.1. The SMILES string of the molecule is O=C(O)N1CCc2c(nc(CO)nc2Oc2ccc(F)cc2C(F)F)C1. The van der Waals surface area contributed by atoms with Crippen molar-refractivity contribution in [1.82, 2.24) is 14.9 Å². The van der Waals surface area contributed by atoms with Gasteiger partial charge in [0.05, 0.1) is 17.8 Å². The van der Waals surface area contributed by atoms with Crippen LogP contribution in [0.4, 0.5) is 18.0 Å². The van der Waals surface area contributed by atoms with Gasteiger partial charge in [-0.2, -0.15) is 4.98 Å². The molecule has 0 spiro atoms. The molecule has 1 aromatic carbocycles. The van der Waals surface area contributed by atoms with Crippen molar-refractivity contribution in [2.24, 2.45) is 0 Å². The van der Waals surface area contributed by atoms with E-state index in [-0.39, 0.29) is 37.0 Å². The standard InChI is InChI=1S/C16H14F3N3O4/c17-8-1-2-12(10(5-8)14(18)19)26-15-9-3-4-22(16(24)25)6-11(9)20-13(7-23)21-15/h1-2,5,14,23H,3-4,6-7H2,(H,24,25). The largest absolute Gasteiger partial charge is 0.465 e. The summed E-state index contributed by atoms with van der Waals surface area (Å²) in [5.74, 6) is -1.19. The van der Waals surface area contributed by atoms with E-state index in [2.05, 4.69) is 9.97 Å². The number of alkyl halides is 2. The van der Waals surface area contributed by atoms with Crippen LogP contribution in [0.25, 0.3) is 0 Å². The van der Waals surface area contributed by atoms with E-state index in [1.54, 1.807) is 0 Å². The molecule has 0 fully saturated rings. The maximum atomic E-state index is 13.2. The third-order valence-electron chi connectivity index (χ3n) is 3.90. The summed E-state index contributed by atoms with van der Waals surface area (Å²) in [6.07, 6.45) is -3.87. The lowest BCUT2D eigenvalue weighted by Crippen LogP contribution is -2.35. The van der Waals surface area contributed by atoms with Crippen LogP contribution in [0.2, 0.25) is 0 Å². The molecule has 1 aromatic heterocycles. The minimum Gasteiger partial charge on any atom is -0.465 e. The highest BCUT2D eigenvalue weighted by atomic mass is 19.3. The first-order valence-corrected chi connectivity index (χ1v) is 7.62. The van der Waals surface area contributed by atoms with Gasteiger partial charge in [-0.3, -0.25) is 0 Å². The van der Waals surface area contributed by atoms with Crippen LogP contribution in [0.15, 0.2) is 18.2 Å². The molecule has 26 heavy (non-hydrogen) atoms. The summed E-state index contributed by atoms with van der Waals surface area (Å²) < 4.78 is 45.0. The Morgan fingerprint density at radius 1 is 1.35 bits per heavy atom. The minimum absolute atomic E-state index is 0.0355. The van der Waals surface area contributed by atoms with Crippen LogP contribution in [0.5, 0.6) is 11.6 Å². The number of carbonyl (C=O) groups is 1. The molecule has 1 aliphatic rings. The van der Waals surface area contributed by atoms with Gasteiger partial charge in [-0.25, -0.2) is 22.9 Å². The second-order valence-corrected chi connectivity index (χ2v) is 5.57. The zero-order valence-electron chi connectivity index (χ0n) is 13.3. The van der Waals surface area contributed by atoms with E-state index >= 15 is 0 Å². The predicted molar refractivity (Wildman–Crippen MR) is 81.5 cm³/mol. The van der Waals surface area contributed by atoms with Gasteiger partial charge < -0.3 is 19.8 Å². The number of halogens is 3. The Hall–Kier alpha value is -2.88. The van der Waals surface area contributed by atoms with Crippen molar-refractivity contribution in [1.29, 1.82) is 0 Å². The number of ether oxygens (including phenoxy) is 1. The molecule has 0 radical (unpaired) electrons. The second-order valence-electron chi connectivity index (χ2n) is 5.57. The second kappa shape index (κ2) is 7.16. The molecule has 1 amide bonds. The number of fused-ring (bicyclic) bond motifs is 1. The molecule has 2 aromatic rings. The summed E-state index contributed by atoms with van der Waals surface area (Å²) in [5, 5.41) is 18.4. The lowest BCUT2D eigenvalue weighted by Gasteiger charge is -2.27. The Kier molecular flexibility index (Phi) is 4.94. The summed E-state index contributed by atoms with van der Waals surface area (Å²) >= 11 is 0. The normalized spacial score (nSPS) is 13.7. The number of aromatic nitrogens is 2. The van der Waals surface area contributed by atoms with Crippen LogP contribution in [-0.2, 0) is 19.6 Å². The Labute approximate surface area is 145 Å². The number of carboxylic acid groups (broad SMARTS) is 1. The molecule has 0 unspecified atom stereocenters. The van der Waals surface area contributed by atoms with Crippen molar-refractivity contribution >= 4 is 6.09 Å². The highest BCUT2D eigenvalue weighted by Crippen LogP contribution is 2.35. The summed E-state index contributed by atoms with van der Waals surface area (Å²) in [4.78, 5) is 20.3. The fourth-order valence-electron chi connectivity index (χ4n) is 2.65. The van der Waals surface area contributed by atoms with Gasteiger partial charge in [0.15, 0.2) is 5.82 Å². The van der Waals surface area contributed by atoms with Crippen molar-refractivity contribution in [2.75, 3.05) is 6.54 Å². The molecule has 0 atom stereocenters. The van der Waals surface area contributed by atoms with Gasteiger partial charge in [0.25, 0.3) is 6.43 Å². The Morgan fingerprint density at radius 3 is 2.77 bits per heavy atom. The Balaban J connectivity index is 2.01.